The van der Waals surface area contributed by atoms with Crippen molar-refractivity contribution in [2.75, 3.05) is 11.9 Å². The first-order valence-electron chi connectivity index (χ1n) is 5.92. The standard InChI is InChI=1S/C13H9F3N2O3S/c14-13(15,16)7-21-11(20)6-5-10(19)18-12-17-8-3-1-2-4-9(8)22-12/h1-6H,7H2,(H,17,18,19)/b6-5+. The molecule has 0 unspecified atom stereocenters. The number of aromatic nitrogens is 1. The minimum absolute atomic E-state index is 0.319. The molecule has 1 N–H and O–H groups in total. The maximum absolute atomic E-state index is 11.8. The molecule has 0 bridgehead atoms. The normalized spacial score (nSPS) is 11.8. The van der Waals surface area contributed by atoms with E-state index in [0.717, 1.165) is 10.8 Å². The average molecular weight is 330 g/mol. The topological polar surface area (TPSA) is 68.3 Å². The average Bonchev–Trinajstić information content (AvgIpc) is 2.84. The number of hydrogen-bond acceptors (Lipinski definition) is 5. The van der Waals surface area contributed by atoms with E-state index in [1.54, 1.807) is 12.1 Å². The number of nitrogens with one attached hydrogen (secondary N) is 1. The lowest BCUT2D eigenvalue weighted by molar-refractivity contribution is -0.182. The second kappa shape index (κ2) is 6.56. The first kappa shape index (κ1) is 16.0. The van der Waals surface area contributed by atoms with Gasteiger partial charge in [0.2, 0.25) is 5.91 Å². The Hall–Kier alpha value is -2.42. The number of fused-ring (bicyclic) bond motifs is 1. The van der Waals surface area contributed by atoms with E-state index in [-0.39, 0.29) is 0 Å². The van der Waals surface area contributed by atoms with Crippen molar-refractivity contribution in [3.8, 4) is 0 Å². The van der Waals surface area contributed by atoms with E-state index in [0.29, 0.717) is 16.7 Å². The van der Waals surface area contributed by atoms with E-state index in [1.165, 1.54) is 11.3 Å². The van der Waals surface area contributed by atoms with Crippen molar-refractivity contribution >= 4 is 38.6 Å². The summed E-state index contributed by atoms with van der Waals surface area (Å²) in [5, 5.41) is 2.73. The molecule has 22 heavy (non-hydrogen) atoms. The van der Waals surface area contributed by atoms with Crippen molar-refractivity contribution in [3.63, 3.8) is 0 Å². The zero-order chi connectivity index (χ0) is 16.2. The highest BCUT2D eigenvalue weighted by Crippen LogP contribution is 2.25. The van der Waals surface area contributed by atoms with Gasteiger partial charge in [-0.25, -0.2) is 9.78 Å². The summed E-state index contributed by atoms with van der Waals surface area (Å²) in [4.78, 5) is 26.7. The van der Waals surface area contributed by atoms with Crippen molar-refractivity contribution in [2.24, 2.45) is 0 Å². The Labute approximate surface area is 126 Å². The molecule has 5 nitrogen and oxygen atoms in total. The van der Waals surface area contributed by atoms with Gasteiger partial charge in [0.15, 0.2) is 11.7 Å². The highest BCUT2D eigenvalue weighted by molar-refractivity contribution is 7.22. The Bertz CT molecular complexity index is 692. The molecule has 0 saturated heterocycles. The molecule has 0 saturated carbocycles. The fourth-order valence-corrected chi connectivity index (χ4v) is 2.29. The van der Waals surface area contributed by atoms with Crippen molar-refractivity contribution in [1.29, 1.82) is 0 Å². The van der Waals surface area contributed by atoms with Gasteiger partial charge < -0.3 is 4.74 Å². The van der Waals surface area contributed by atoms with E-state index < -0.39 is 24.7 Å². The highest BCUT2D eigenvalue weighted by atomic mass is 32.1. The fraction of sp³-hybridized carbons (Fsp3) is 0.154. The molecule has 116 valence electrons. The van der Waals surface area contributed by atoms with E-state index in [4.69, 9.17) is 0 Å². The molecule has 0 atom stereocenters. The van der Waals surface area contributed by atoms with Crippen LogP contribution in [0.4, 0.5) is 18.3 Å². The summed E-state index contributed by atoms with van der Waals surface area (Å²) in [6.07, 6.45) is -3.20. The number of carbonyl (C=O) groups is 2. The third-order valence-electron chi connectivity index (χ3n) is 2.27. The Morgan fingerprint density at radius 2 is 2.00 bits per heavy atom. The fourth-order valence-electron chi connectivity index (χ4n) is 1.42. The van der Waals surface area contributed by atoms with Crippen LogP contribution in [0, 0.1) is 0 Å². The molecule has 0 spiro atoms. The number of rotatable bonds is 4. The molecular weight excluding hydrogens is 321 g/mol. The summed E-state index contributed by atoms with van der Waals surface area (Å²) in [5.41, 5.74) is 0.705. The Morgan fingerprint density at radius 1 is 1.27 bits per heavy atom. The van der Waals surface area contributed by atoms with Crippen LogP contribution in [0.5, 0.6) is 0 Å². The molecule has 1 heterocycles. The van der Waals surface area contributed by atoms with Gasteiger partial charge in [-0.3, -0.25) is 10.1 Å². The van der Waals surface area contributed by atoms with Crippen LogP contribution < -0.4 is 5.32 Å². The molecule has 0 radical (unpaired) electrons. The zero-order valence-electron chi connectivity index (χ0n) is 10.9. The van der Waals surface area contributed by atoms with Gasteiger partial charge in [0, 0.05) is 12.2 Å². The number of anilines is 1. The second-order valence-corrected chi connectivity index (χ2v) is 5.06. The van der Waals surface area contributed by atoms with E-state index in [1.807, 2.05) is 12.1 Å². The Balaban J connectivity index is 1.89. The third kappa shape index (κ3) is 4.85. The van der Waals surface area contributed by atoms with E-state index in [2.05, 4.69) is 15.0 Å². The lowest BCUT2D eigenvalue weighted by atomic mass is 10.3. The summed E-state index contributed by atoms with van der Waals surface area (Å²) in [7, 11) is 0. The molecule has 2 rings (SSSR count). The van der Waals surface area contributed by atoms with Gasteiger partial charge >= 0.3 is 12.1 Å². The summed E-state index contributed by atoms with van der Waals surface area (Å²) in [6, 6.07) is 7.21. The summed E-state index contributed by atoms with van der Waals surface area (Å²) in [5.74, 6) is -1.94. The van der Waals surface area contributed by atoms with E-state index >= 15 is 0 Å². The quantitative estimate of drug-likeness (QED) is 0.691. The van der Waals surface area contributed by atoms with Crippen LogP contribution in [0.15, 0.2) is 36.4 Å². The van der Waals surface area contributed by atoms with Gasteiger partial charge in [0.1, 0.15) is 0 Å². The van der Waals surface area contributed by atoms with Crippen LogP contribution in [0.2, 0.25) is 0 Å². The van der Waals surface area contributed by atoms with Gasteiger partial charge in [0.05, 0.1) is 10.2 Å². The second-order valence-electron chi connectivity index (χ2n) is 4.03. The van der Waals surface area contributed by atoms with Crippen molar-refractivity contribution in [2.45, 2.75) is 6.18 Å². The predicted molar refractivity (Wildman–Crippen MR) is 74.4 cm³/mol. The largest absolute Gasteiger partial charge is 0.453 e. The zero-order valence-corrected chi connectivity index (χ0v) is 11.7. The molecule has 0 aliphatic rings. The van der Waals surface area contributed by atoms with Gasteiger partial charge in [-0.15, -0.1) is 0 Å². The number of alkyl halides is 3. The van der Waals surface area contributed by atoms with Gasteiger partial charge in [-0.1, -0.05) is 23.5 Å². The molecular formula is C13H9F3N2O3S. The maximum Gasteiger partial charge on any atom is 0.422 e. The molecule has 0 fully saturated rings. The number of carbonyl (C=O) groups excluding carboxylic acids is 2. The Morgan fingerprint density at radius 3 is 2.68 bits per heavy atom. The lowest BCUT2D eigenvalue weighted by Gasteiger charge is -2.05. The summed E-state index contributed by atoms with van der Waals surface area (Å²) in [6.45, 7) is -1.70. The maximum atomic E-state index is 11.8. The van der Waals surface area contributed by atoms with Crippen LogP contribution in [0.3, 0.4) is 0 Å². The molecule has 1 aromatic carbocycles. The van der Waals surface area contributed by atoms with E-state index in [9.17, 15) is 22.8 Å². The first-order valence-corrected chi connectivity index (χ1v) is 6.73. The smallest absolute Gasteiger partial charge is 0.422 e. The van der Waals surface area contributed by atoms with Gasteiger partial charge in [-0.2, -0.15) is 13.2 Å². The molecule has 1 aromatic heterocycles. The minimum Gasteiger partial charge on any atom is -0.453 e. The first-order chi connectivity index (χ1) is 10.3. The highest BCUT2D eigenvalue weighted by Gasteiger charge is 2.29. The van der Waals surface area contributed by atoms with Crippen LogP contribution in [-0.2, 0) is 14.3 Å². The molecule has 0 aliphatic carbocycles. The third-order valence-corrected chi connectivity index (χ3v) is 3.22. The number of halogens is 3. The number of amides is 1. The number of nitrogens with zero attached hydrogens (tertiary/aromatic N) is 1. The molecule has 9 heteroatoms. The van der Waals surface area contributed by atoms with Gasteiger partial charge in [0.25, 0.3) is 0 Å². The number of esters is 1. The minimum atomic E-state index is -4.60. The lowest BCUT2D eigenvalue weighted by Crippen LogP contribution is -2.19. The monoisotopic (exact) mass is 330 g/mol. The van der Waals surface area contributed by atoms with Gasteiger partial charge in [-0.05, 0) is 12.1 Å². The number of para-hydroxylation sites is 1. The molecule has 0 aliphatic heterocycles. The number of thiazole rings is 1. The van der Waals surface area contributed by atoms with Crippen LogP contribution in [0.25, 0.3) is 10.2 Å². The number of hydrogen-bond donors (Lipinski definition) is 1. The van der Waals surface area contributed by atoms with Crippen molar-refractivity contribution in [1.82, 2.24) is 4.98 Å². The number of benzene rings is 1. The Kier molecular flexibility index (Phi) is 4.76. The number of ether oxygens (including phenoxy) is 1. The molecule has 1 amide bonds. The van der Waals surface area contributed by atoms with Crippen LogP contribution in [-0.4, -0.2) is 29.6 Å². The predicted octanol–water partition coefficient (Wildman–Crippen LogP) is 2.90. The summed E-state index contributed by atoms with van der Waals surface area (Å²) >= 11 is 1.23. The SMILES string of the molecule is O=C(/C=C/C(=O)OCC(F)(F)F)Nc1nc2ccccc2s1. The van der Waals surface area contributed by atoms with Crippen molar-refractivity contribution in [3.05, 3.63) is 36.4 Å². The van der Waals surface area contributed by atoms with Crippen LogP contribution in [0.1, 0.15) is 0 Å². The summed E-state index contributed by atoms with van der Waals surface area (Å²) < 4.78 is 40.2. The van der Waals surface area contributed by atoms with Crippen molar-refractivity contribution < 1.29 is 27.5 Å². The molecule has 2 aromatic rings. The van der Waals surface area contributed by atoms with Crippen LogP contribution >= 0.6 is 11.3 Å².